The molecule has 0 N–H and O–H groups in total. The number of hydrogen-bond acceptors (Lipinski definition) is 3. The molecule has 0 aromatic heterocycles. The van der Waals surface area contributed by atoms with Crippen molar-refractivity contribution in [2.75, 3.05) is 12.8 Å². The van der Waals surface area contributed by atoms with Crippen molar-refractivity contribution in [3.05, 3.63) is 0 Å². The fraction of sp³-hybridized carbons (Fsp3) is 0.833. The van der Waals surface area contributed by atoms with Gasteiger partial charge in [0, 0.05) is 12.8 Å². The monoisotopic (exact) mass is 226 g/mol. The predicted octanol–water partition coefficient (Wildman–Crippen LogP) is 3.27. The molecule has 1 saturated carbocycles. The molecule has 15 heavy (non-hydrogen) atoms. The summed E-state index contributed by atoms with van der Waals surface area (Å²) in [7, 11) is 1.81. The lowest BCUT2D eigenvalue weighted by Crippen LogP contribution is -2.11. The third-order valence-corrected chi connectivity index (χ3v) is 3.84. The van der Waals surface area contributed by atoms with Crippen LogP contribution < -0.4 is 0 Å². The van der Waals surface area contributed by atoms with Gasteiger partial charge in [-0.3, -0.25) is 9.98 Å². The summed E-state index contributed by atoms with van der Waals surface area (Å²) in [5, 5.41) is 1.10. The first kappa shape index (κ1) is 12.8. The van der Waals surface area contributed by atoms with Crippen molar-refractivity contribution in [3.63, 3.8) is 0 Å². The minimum absolute atomic E-state index is 0.393. The molecular formula is C12H22N2S. The van der Waals surface area contributed by atoms with E-state index in [1.54, 1.807) is 0 Å². The molecule has 0 radical (unpaired) electrons. The summed E-state index contributed by atoms with van der Waals surface area (Å²) in [6, 6.07) is 0.393. The molecule has 3 heteroatoms. The van der Waals surface area contributed by atoms with E-state index >= 15 is 0 Å². The Labute approximate surface area is 97.7 Å². The summed E-state index contributed by atoms with van der Waals surface area (Å²) in [6.07, 6.45) is 4.71. The summed E-state index contributed by atoms with van der Waals surface area (Å²) in [5.74, 6) is 2.77. The average molecular weight is 226 g/mol. The van der Waals surface area contributed by atoms with Gasteiger partial charge in [0.2, 0.25) is 0 Å². The second kappa shape index (κ2) is 6.31. The standard InChI is InChI=1S/C12H22N2S/c1-9(2)10(3)14-12(7-13-4)15-8-11-5-6-11/h7,9-11H,5-6,8H2,1-4H3/t10-/m0/s1. The van der Waals surface area contributed by atoms with Crippen molar-refractivity contribution in [3.8, 4) is 0 Å². The van der Waals surface area contributed by atoms with Crippen molar-refractivity contribution in [2.45, 2.75) is 39.7 Å². The highest BCUT2D eigenvalue weighted by molar-refractivity contribution is 8.15. The average Bonchev–Trinajstić information content (AvgIpc) is 2.97. The molecule has 0 heterocycles. The second-order valence-corrected chi connectivity index (χ2v) is 5.63. The maximum absolute atomic E-state index is 4.70. The summed E-state index contributed by atoms with van der Waals surface area (Å²) in [5.41, 5.74) is 0. The van der Waals surface area contributed by atoms with E-state index in [2.05, 4.69) is 25.8 Å². The van der Waals surface area contributed by atoms with Crippen LogP contribution in [0.25, 0.3) is 0 Å². The molecule has 0 amide bonds. The summed E-state index contributed by atoms with van der Waals surface area (Å²) >= 11 is 1.86. The Morgan fingerprint density at radius 1 is 1.40 bits per heavy atom. The minimum atomic E-state index is 0.393. The lowest BCUT2D eigenvalue weighted by Gasteiger charge is -2.11. The van der Waals surface area contributed by atoms with Gasteiger partial charge in [-0.15, -0.1) is 11.8 Å². The Morgan fingerprint density at radius 3 is 2.53 bits per heavy atom. The lowest BCUT2D eigenvalue weighted by molar-refractivity contribution is 0.533. The van der Waals surface area contributed by atoms with Gasteiger partial charge in [0.15, 0.2) is 0 Å². The highest BCUT2D eigenvalue weighted by atomic mass is 32.2. The number of hydrogen-bond donors (Lipinski definition) is 0. The highest BCUT2D eigenvalue weighted by Crippen LogP contribution is 2.32. The van der Waals surface area contributed by atoms with E-state index < -0.39 is 0 Å². The van der Waals surface area contributed by atoms with Gasteiger partial charge in [-0.1, -0.05) is 13.8 Å². The van der Waals surface area contributed by atoms with Crippen molar-refractivity contribution in [2.24, 2.45) is 21.8 Å². The molecule has 1 aliphatic carbocycles. The molecule has 0 bridgehead atoms. The molecule has 0 saturated heterocycles. The Balaban J connectivity index is 2.46. The maximum atomic E-state index is 4.70. The first-order chi connectivity index (χ1) is 7.13. The van der Waals surface area contributed by atoms with Gasteiger partial charge in [-0.25, -0.2) is 0 Å². The van der Waals surface area contributed by atoms with Crippen molar-refractivity contribution >= 4 is 23.0 Å². The van der Waals surface area contributed by atoms with E-state index in [0.717, 1.165) is 11.0 Å². The lowest BCUT2D eigenvalue weighted by atomic mass is 10.1. The van der Waals surface area contributed by atoms with Crippen LogP contribution in [-0.2, 0) is 0 Å². The Kier molecular flexibility index (Phi) is 5.37. The van der Waals surface area contributed by atoms with Gasteiger partial charge >= 0.3 is 0 Å². The number of aliphatic imine (C=N–C) groups is 2. The Morgan fingerprint density at radius 2 is 2.07 bits per heavy atom. The van der Waals surface area contributed by atoms with Crippen molar-refractivity contribution < 1.29 is 0 Å². The first-order valence-corrected chi connectivity index (χ1v) is 6.74. The highest BCUT2D eigenvalue weighted by Gasteiger charge is 2.21. The fourth-order valence-corrected chi connectivity index (χ4v) is 2.22. The zero-order chi connectivity index (χ0) is 11.3. The molecule has 1 rings (SSSR count). The van der Waals surface area contributed by atoms with Gasteiger partial charge in [0.1, 0.15) is 5.04 Å². The summed E-state index contributed by atoms with van der Waals surface area (Å²) in [4.78, 5) is 8.77. The molecule has 0 spiro atoms. The van der Waals surface area contributed by atoms with Crippen LogP contribution in [0.4, 0.5) is 0 Å². The molecule has 0 aromatic carbocycles. The zero-order valence-electron chi connectivity index (χ0n) is 10.2. The molecule has 1 fully saturated rings. The van der Waals surface area contributed by atoms with Crippen molar-refractivity contribution in [1.29, 1.82) is 0 Å². The zero-order valence-corrected chi connectivity index (χ0v) is 11.0. The van der Waals surface area contributed by atoms with Crippen molar-refractivity contribution in [1.82, 2.24) is 0 Å². The molecule has 2 nitrogen and oxygen atoms in total. The number of rotatable bonds is 5. The fourth-order valence-electron chi connectivity index (χ4n) is 1.06. The molecule has 1 aliphatic rings. The summed E-state index contributed by atoms with van der Waals surface area (Å²) < 4.78 is 0. The third kappa shape index (κ3) is 5.36. The van der Waals surface area contributed by atoms with E-state index in [4.69, 9.17) is 4.99 Å². The number of nitrogens with zero attached hydrogens (tertiary/aromatic N) is 2. The molecule has 86 valence electrons. The van der Waals surface area contributed by atoms with E-state index in [-0.39, 0.29) is 0 Å². The molecule has 0 aromatic rings. The maximum Gasteiger partial charge on any atom is 0.109 e. The molecule has 1 atom stereocenters. The van der Waals surface area contributed by atoms with Gasteiger partial charge in [-0.05, 0) is 31.6 Å². The molecule has 0 aliphatic heterocycles. The topological polar surface area (TPSA) is 24.7 Å². The number of thioether (sulfide) groups is 1. The Bertz CT molecular complexity index is 242. The molecular weight excluding hydrogens is 204 g/mol. The van der Waals surface area contributed by atoms with Crippen LogP contribution in [-0.4, -0.2) is 30.1 Å². The largest absolute Gasteiger partial charge is 0.294 e. The predicted molar refractivity (Wildman–Crippen MR) is 71.3 cm³/mol. The van der Waals surface area contributed by atoms with Gasteiger partial charge in [-0.2, -0.15) is 0 Å². The van der Waals surface area contributed by atoms with Crippen LogP contribution in [0.1, 0.15) is 33.6 Å². The SMILES string of the molecule is CN=CC(=N[C@@H](C)C(C)C)SCC1CC1. The molecule has 0 unspecified atom stereocenters. The van der Waals surface area contributed by atoms with Gasteiger partial charge in [0.05, 0.1) is 12.3 Å². The van der Waals surface area contributed by atoms with Crippen LogP contribution in [0, 0.1) is 11.8 Å². The second-order valence-electron chi connectivity index (χ2n) is 4.59. The quantitative estimate of drug-likeness (QED) is 0.521. The summed E-state index contributed by atoms with van der Waals surface area (Å²) in [6.45, 7) is 6.59. The van der Waals surface area contributed by atoms with E-state index in [1.165, 1.54) is 18.6 Å². The van der Waals surface area contributed by atoms with Crippen LogP contribution in [0.5, 0.6) is 0 Å². The van der Waals surface area contributed by atoms with Gasteiger partial charge < -0.3 is 0 Å². The third-order valence-electron chi connectivity index (χ3n) is 2.70. The van der Waals surface area contributed by atoms with Gasteiger partial charge in [0.25, 0.3) is 0 Å². The minimum Gasteiger partial charge on any atom is -0.294 e. The van der Waals surface area contributed by atoms with E-state index in [1.807, 2.05) is 25.0 Å². The first-order valence-electron chi connectivity index (χ1n) is 5.76. The van der Waals surface area contributed by atoms with Crippen LogP contribution in [0.2, 0.25) is 0 Å². The van der Waals surface area contributed by atoms with Crippen LogP contribution >= 0.6 is 11.8 Å². The van der Waals surface area contributed by atoms with E-state index in [0.29, 0.717) is 12.0 Å². The van der Waals surface area contributed by atoms with Crippen LogP contribution in [0.3, 0.4) is 0 Å². The smallest absolute Gasteiger partial charge is 0.109 e. The van der Waals surface area contributed by atoms with E-state index in [9.17, 15) is 0 Å². The Hall–Kier alpha value is -0.310. The normalized spacial score (nSPS) is 20.2. The van der Waals surface area contributed by atoms with Crippen LogP contribution in [0.15, 0.2) is 9.98 Å².